The van der Waals surface area contributed by atoms with Crippen molar-refractivity contribution in [2.24, 2.45) is 0 Å². The Labute approximate surface area is 134 Å². The molecule has 0 aliphatic carbocycles. The van der Waals surface area contributed by atoms with Crippen molar-refractivity contribution in [3.05, 3.63) is 35.9 Å². The minimum Gasteiger partial charge on any atom is -0.496 e. The molecule has 1 saturated heterocycles. The summed E-state index contributed by atoms with van der Waals surface area (Å²) in [5.74, 6) is 0.719. The van der Waals surface area contributed by atoms with E-state index in [-0.39, 0.29) is 6.61 Å². The second kappa shape index (κ2) is 8.39. The fourth-order valence-corrected chi connectivity index (χ4v) is 2.33. The number of hydrogen-bond donors (Lipinski definition) is 4. The molecule has 0 radical (unpaired) electrons. The van der Waals surface area contributed by atoms with Crippen molar-refractivity contribution in [1.29, 1.82) is 0 Å². The first-order valence-corrected chi connectivity index (χ1v) is 7.30. The first-order valence-electron chi connectivity index (χ1n) is 7.30. The van der Waals surface area contributed by atoms with E-state index in [1.807, 2.05) is 24.3 Å². The fourth-order valence-electron chi connectivity index (χ4n) is 2.33. The summed E-state index contributed by atoms with van der Waals surface area (Å²) in [6.45, 7) is -0.372. The SMILES string of the molecule is COc1ccccc1/C=C/CO[C@@H]1O[C@H](CO)[C@@H](O)[C@H](O)[C@H]1O. The van der Waals surface area contributed by atoms with E-state index in [4.69, 9.17) is 19.3 Å². The monoisotopic (exact) mass is 326 g/mol. The van der Waals surface area contributed by atoms with E-state index in [2.05, 4.69) is 0 Å². The van der Waals surface area contributed by atoms with Crippen LogP contribution in [-0.2, 0) is 9.47 Å². The molecule has 23 heavy (non-hydrogen) atoms. The van der Waals surface area contributed by atoms with Crippen LogP contribution < -0.4 is 4.74 Å². The predicted molar refractivity (Wildman–Crippen MR) is 81.7 cm³/mol. The van der Waals surface area contributed by atoms with Gasteiger partial charge in [0.15, 0.2) is 6.29 Å². The highest BCUT2D eigenvalue weighted by Gasteiger charge is 2.43. The van der Waals surface area contributed by atoms with E-state index in [0.717, 1.165) is 11.3 Å². The van der Waals surface area contributed by atoms with Gasteiger partial charge >= 0.3 is 0 Å². The van der Waals surface area contributed by atoms with Crippen molar-refractivity contribution in [1.82, 2.24) is 0 Å². The third-order valence-electron chi connectivity index (χ3n) is 3.64. The summed E-state index contributed by atoms with van der Waals surface area (Å²) in [4.78, 5) is 0. The average molecular weight is 326 g/mol. The van der Waals surface area contributed by atoms with Gasteiger partial charge in [0.1, 0.15) is 30.2 Å². The number of rotatable bonds is 6. The van der Waals surface area contributed by atoms with Crippen molar-refractivity contribution >= 4 is 6.08 Å². The molecular weight excluding hydrogens is 304 g/mol. The molecule has 7 nitrogen and oxygen atoms in total. The summed E-state index contributed by atoms with van der Waals surface area (Å²) >= 11 is 0. The smallest absolute Gasteiger partial charge is 0.187 e. The van der Waals surface area contributed by atoms with Crippen LogP contribution in [0, 0.1) is 0 Å². The molecule has 1 aliphatic rings. The average Bonchev–Trinajstić information content (AvgIpc) is 2.58. The van der Waals surface area contributed by atoms with Crippen LogP contribution in [0.1, 0.15) is 5.56 Å². The maximum absolute atomic E-state index is 9.83. The summed E-state index contributed by atoms with van der Waals surface area (Å²) in [7, 11) is 1.58. The maximum Gasteiger partial charge on any atom is 0.187 e. The van der Waals surface area contributed by atoms with E-state index >= 15 is 0 Å². The van der Waals surface area contributed by atoms with Crippen LogP contribution in [0.25, 0.3) is 6.08 Å². The van der Waals surface area contributed by atoms with Gasteiger partial charge in [0, 0.05) is 5.56 Å². The van der Waals surface area contributed by atoms with Gasteiger partial charge in [0.05, 0.1) is 20.3 Å². The zero-order valence-corrected chi connectivity index (χ0v) is 12.8. The van der Waals surface area contributed by atoms with Gasteiger partial charge in [-0.3, -0.25) is 0 Å². The Bertz CT molecular complexity index is 517. The lowest BCUT2D eigenvalue weighted by atomic mass is 9.99. The van der Waals surface area contributed by atoms with E-state index in [0.29, 0.717) is 0 Å². The largest absolute Gasteiger partial charge is 0.496 e. The number of aliphatic hydroxyl groups is 4. The summed E-state index contributed by atoms with van der Waals surface area (Å²) < 4.78 is 15.8. The van der Waals surface area contributed by atoms with Gasteiger partial charge in [0.2, 0.25) is 0 Å². The minimum atomic E-state index is -1.44. The number of methoxy groups -OCH3 is 1. The van der Waals surface area contributed by atoms with E-state index < -0.39 is 37.3 Å². The highest BCUT2D eigenvalue weighted by molar-refractivity contribution is 5.57. The predicted octanol–water partition coefficient (Wildman–Crippen LogP) is -0.475. The van der Waals surface area contributed by atoms with Gasteiger partial charge in [-0.15, -0.1) is 0 Å². The molecule has 1 aromatic carbocycles. The van der Waals surface area contributed by atoms with Gasteiger partial charge in [-0.05, 0) is 6.07 Å². The lowest BCUT2D eigenvalue weighted by Gasteiger charge is -2.39. The lowest BCUT2D eigenvalue weighted by Crippen LogP contribution is -2.59. The highest BCUT2D eigenvalue weighted by atomic mass is 16.7. The van der Waals surface area contributed by atoms with Crippen LogP contribution in [0.15, 0.2) is 30.3 Å². The van der Waals surface area contributed by atoms with Gasteiger partial charge in [-0.25, -0.2) is 0 Å². The third-order valence-corrected chi connectivity index (χ3v) is 3.64. The molecule has 1 aliphatic heterocycles. The zero-order valence-electron chi connectivity index (χ0n) is 12.8. The van der Waals surface area contributed by atoms with Gasteiger partial charge < -0.3 is 34.6 Å². The van der Waals surface area contributed by atoms with Crippen molar-refractivity contribution in [2.45, 2.75) is 30.7 Å². The Morgan fingerprint density at radius 3 is 2.57 bits per heavy atom. The fraction of sp³-hybridized carbons (Fsp3) is 0.500. The topological polar surface area (TPSA) is 109 Å². The Kier molecular flexibility index (Phi) is 6.52. The minimum absolute atomic E-state index is 0.112. The molecule has 0 spiro atoms. The lowest BCUT2D eigenvalue weighted by molar-refractivity contribution is -0.298. The molecular formula is C16H22O7. The summed E-state index contributed by atoms with van der Waals surface area (Å²) in [5, 5.41) is 38.3. The molecule has 2 rings (SSSR count). The Balaban J connectivity index is 1.91. The summed E-state index contributed by atoms with van der Waals surface area (Å²) in [6.07, 6.45) is -2.83. The standard InChI is InChI=1S/C16H22O7/c1-21-11-7-3-2-5-10(11)6-4-8-22-16-15(20)14(19)13(18)12(9-17)23-16/h2-7,12-20H,8-9H2,1H3/b6-4+/t12-,13-,14+,15-,16-/m1/s1. The van der Waals surface area contributed by atoms with E-state index in [9.17, 15) is 15.3 Å². The second-order valence-electron chi connectivity index (χ2n) is 5.17. The van der Waals surface area contributed by atoms with Crippen molar-refractivity contribution in [3.63, 3.8) is 0 Å². The molecule has 5 atom stereocenters. The maximum atomic E-state index is 9.83. The van der Waals surface area contributed by atoms with Crippen LogP contribution in [0.2, 0.25) is 0 Å². The summed E-state index contributed by atoms with van der Waals surface area (Å²) in [6, 6.07) is 7.45. The number of ether oxygens (including phenoxy) is 3. The second-order valence-corrected chi connectivity index (χ2v) is 5.17. The first-order chi connectivity index (χ1) is 11.1. The molecule has 0 bridgehead atoms. The molecule has 0 saturated carbocycles. The molecule has 4 N–H and O–H groups in total. The van der Waals surface area contributed by atoms with Crippen LogP contribution in [-0.4, -0.2) is 71.5 Å². The molecule has 128 valence electrons. The molecule has 7 heteroatoms. The number of hydrogen-bond acceptors (Lipinski definition) is 7. The van der Waals surface area contributed by atoms with Crippen molar-refractivity contribution in [2.75, 3.05) is 20.3 Å². The Morgan fingerprint density at radius 1 is 1.13 bits per heavy atom. The number of para-hydroxylation sites is 1. The van der Waals surface area contributed by atoms with E-state index in [1.54, 1.807) is 19.3 Å². The van der Waals surface area contributed by atoms with Crippen molar-refractivity contribution < 1.29 is 34.6 Å². The zero-order chi connectivity index (χ0) is 16.8. The van der Waals surface area contributed by atoms with Gasteiger partial charge in [-0.1, -0.05) is 30.4 Å². The number of aliphatic hydroxyl groups excluding tert-OH is 4. The normalized spacial score (nSPS) is 31.4. The van der Waals surface area contributed by atoms with Crippen LogP contribution in [0.5, 0.6) is 5.75 Å². The number of benzene rings is 1. The first kappa shape index (κ1) is 17.9. The Morgan fingerprint density at radius 2 is 1.87 bits per heavy atom. The van der Waals surface area contributed by atoms with E-state index in [1.165, 1.54) is 0 Å². The van der Waals surface area contributed by atoms with Gasteiger partial charge in [0.25, 0.3) is 0 Å². The van der Waals surface area contributed by atoms with Gasteiger partial charge in [-0.2, -0.15) is 0 Å². The van der Waals surface area contributed by atoms with Crippen LogP contribution in [0.4, 0.5) is 0 Å². The molecule has 1 fully saturated rings. The van der Waals surface area contributed by atoms with Crippen LogP contribution in [0.3, 0.4) is 0 Å². The molecule has 1 heterocycles. The quantitative estimate of drug-likeness (QED) is 0.559. The Hall–Kier alpha value is -1.48. The molecule has 0 aromatic heterocycles. The third kappa shape index (κ3) is 4.29. The molecule has 0 amide bonds. The highest BCUT2D eigenvalue weighted by Crippen LogP contribution is 2.22. The van der Waals surface area contributed by atoms with Crippen LogP contribution >= 0.6 is 0 Å². The molecule has 0 unspecified atom stereocenters. The summed E-state index contributed by atoms with van der Waals surface area (Å²) in [5.41, 5.74) is 0.868. The molecule has 1 aromatic rings. The van der Waals surface area contributed by atoms with Crippen molar-refractivity contribution in [3.8, 4) is 5.75 Å².